The van der Waals surface area contributed by atoms with Gasteiger partial charge in [-0.1, -0.05) is 35.3 Å². The Morgan fingerprint density at radius 1 is 1.35 bits per heavy atom. The van der Waals surface area contributed by atoms with Crippen LogP contribution in [0.2, 0.25) is 10.0 Å². The first kappa shape index (κ1) is 15.4. The minimum absolute atomic E-state index is 0.0249. The fraction of sp³-hybridized carbons (Fsp3) is 0.267. The maximum atomic E-state index is 11.9. The third-order valence-electron chi connectivity index (χ3n) is 2.98. The Morgan fingerprint density at radius 3 is 2.80 bits per heavy atom. The predicted octanol–water partition coefficient (Wildman–Crippen LogP) is 4.86. The quantitative estimate of drug-likeness (QED) is 0.834. The summed E-state index contributed by atoms with van der Waals surface area (Å²) in [6.45, 7) is 1.99. The smallest absolute Gasteiger partial charge is 0.220 e. The summed E-state index contributed by atoms with van der Waals surface area (Å²) in [5, 5.41) is 6.21. The van der Waals surface area contributed by atoms with Crippen molar-refractivity contribution in [2.24, 2.45) is 0 Å². The summed E-state index contributed by atoms with van der Waals surface area (Å²) in [5.41, 5.74) is 0.940. The van der Waals surface area contributed by atoms with Gasteiger partial charge < -0.3 is 5.32 Å². The maximum absolute atomic E-state index is 11.9. The van der Waals surface area contributed by atoms with Crippen molar-refractivity contribution in [2.75, 3.05) is 0 Å². The van der Waals surface area contributed by atoms with Crippen LogP contribution >= 0.6 is 34.5 Å². The molecule has 0 spiro atoms. The lowest BCUT2D eigenvalue weighted by molar-refractivity contribution is -0.121. The molecule has 2 rings (SSSR count). The number of hydrogen-bond acceptors (Lipinski definition) is 2. The van der Waals surface area contributed by atoms with Crippen LogP contribution in [0.25, 0.3) is 0 Å². The van der Waals surface area contributed by atoms with Crippen molar-refractivity contribution in [3.8, 4) is 0 Å². The molecule has 1 N–H and O–H groups in total. The highest BCUT2D eigenvalue weighted by Crippen LogP contribution is 2.22. The summed E-state index contributed by atoms with van der Waals surface area (Å²) in [7, 11) is 0. The number of thiophene rings is 1. The van der Waals surface area contributed by atoms with E-state index in [1.54, 1.807) is 23.5 Å². The van der Waals surface area contributed by atoms with E-state index in [4.69, 9.17) is 23.2 Å². The zero-order valence-electron chi connectivity index (χ0n) is 11.0. The average Bonchev–Trinajstić information content (AvgIpc) is 2.91. The molecule has 0 bridgehead atoms. The molecule has 106 valence electrons. The zero-order chi connectivity index (χ0) is 14.5. The summed E-state index contributed by atoms with van der Waals surface area (Å²) in [4.78, 5) is 13.1. The molecule has 0 radical (unpaired) electrons. The Bertz CT molecular complexity index is 584. The first-order chi connectivity index (χ1) is 9.56. The van der Waals surface area contributed by atoms with Crippen molar-refractivity contribution in [3.05, 3.63) is 56.2 Å². The van der Waals surface area contributed by atoms with Gasteiger partial charge in [0.1, 0.15) is 0 Å². The molecular formula is C15H15Cl2NOS. The van der Waals surface area contributed by atoms with Gasteiger partial charge in [0.25, 0.3) is 0 Å². The molecule has 1 heterocycles. The third-order valence-corrected chi connectivity index (χ3v) is 4.63. The first-order valence-corrected chi connectivity index (χ1v) is 7.96. The van der Waals surface area contributed by atoms with Gasteiger partial charge in [0.05, 0.1) is 6.04 Å². The van der Waals surface area contributed by atoms with Crippen molar-refractivity contribution >= 4 is 40.4 Å². The number of rotatable bonds is 5. The molecule has 0 saturated heterocycles. The lowest BCUT2D eigenvalue weighted by Gasteiger charge is -2.12. The van der Waals surface area contributed by atoms with E-state index in [1.807, 2.05) is 30.5 Å². The lowest BCUT2D eigenvalue weighted by atomic mass is 10.1. The van der Waals surface area contributed by atoms with E-state index >= 15 is 0 Å². The van der Waals surface area contributed by atoms with E-state index in [1.165, 1.54) is 0 Å². The van der Waals surface area contributed by atoms with E-state index in [-0.39, 0.29) is 11.9 Å². The molecule has 2 aromatic rings. The second kappa shape index (κ2) is 7.11. The number of aryl methyl sites for hydroxylation is 1. The summed E-state index contributed by atoms with van der Waals surface area (Å²) < 4.78 is 0. The predicted molar refractivity (Wildman–Crippen MR) is 85.7 cm³/mol. The molecule has 0 aliphatic rings. The zero-order valence-corrected chi connectivity index (χ0v) is 13.4. The standard InChI is InChI=1S/C15H15Cl2NOS/c1-10(14-3-2-8-20-14)18-15(19)7-5-11-4-6-12(16)9-13(11)17/h2-4,6,8-10H,5,7H2,1H3,(H,18,19). The van der Waals surface area contributed by atoms with Crippen LogP contribution in [-0.4, -0.2) is 5.91 Å². The van der Waals surface area contributed by atoms with Crippen LogP contribution in [-0.2, 0) is 11.2 Å². The van der Waals surface area contributed by atoms with E-state index in [0.717, 1.165) is 10.4 Å². The Morgan fingerprint density at radius 2 is 2.15 bits per heavy atom. The molecule has 1 atom stereocenters. The van der Waals surface area contributed by atoms with Gasteiger partial charge in [0.15, 0.2) is 0 Å². The minimum Gasteiger partial charge on any atom is -0.349 e. The molecule has 0 aliphatic heterocycles. The van der Waals surface area contributed by atoms with Gasteiger partial charge >= 0.3 is 0 Å². The summed E-state index contributed by atoms with van der Waals surface area (Å²) in [6.07, 6.45) is 1.02. The van der Waals surface area contributed by atoms with E-state index in [9.17, 15) is 4.79 Å². The number of halogens is 2. The van der Waals surface area contributed by atoms with Gasteiger partial charge in [-0.15, -0.1) is 11.3 Å². The van der Waals surface area contributed by atoms with Crippen molar-refractivity contribution < 1.29 is 4.79 Å². The van der Waals surface area contributed by atoms with Gasteiger partial charge in [0.2, 0.25) is 5.91 Å². The van der Waals surface area contributed by atoms with Crippen molar-refractivity contribution in [1.82, 2.24) is 5.32 Å². The lowest BCUT2D eigenvalue weighted by Crippen LogP contribution is -2.26. The van der Waals surface area contributed by atoms with Crippen molar-refractivity contribution in [1.29, 1.82) is 0 Å². The van der Waals surface area contributed by atoms with Crippen molar-refractivity contribution in [2.45, 2.75) is 25.8 Å². The number of nitrogens with one attached hydrogen (secondary N) is 1. The second-order valence-electron chi connectivity index (χ2n) is 4.54. The maximum Gasteiger partial charge on any atom is 0.220 e. The Labute approximate surface area is 132 Å². The van der Waals surface area contributed by atoms with Crippen LogP contribution in [0.15, 0.2) is 35.7 Å². The van der Waals surface area contributed by atoms with Gasteiger partial charge in [-0.05, 0) is 42.5 Å². The van der Waals surface area contributed by atoms with Gasteiger partial charge in [-0.3, -0.25) is 4.79 Å². The van der Waals surface area contributed by atoms with Crippen LogP contribution in [0.5, 0.6) is 0 Å². The Balaban J connectivity index is 1.86. The minimum atomic E-state index is 0.0249. The molecule has 1 amide bonds. The van der Waals surface area contributed by atoms with Crippen LogP contribution in [0.3, 0.4) is 0 Å². The Hall–Kier alpha value is -1.03. The third kappa shape index (κ3) is 4.23. The highest BCUT2D eigenvalue weighted by molar-refractivity contribution is 7.10. The fourth-order valence-corrected chi connectivity index (χ4v) is 3.13. The first-order valence-electron chi connectivity index (χ1n) is 6.33. The van der Waals surface area contributed by atoms with Crippen LogP contribution in [0.1, 0.15) is 29.8 Å². The normalized spacial score (nSPS) is 12.2. The molecule has 1 aromatic heterocycles. The summed E-state index contributed by atoms with van der Waals surface area (Å²) >= 11 is 13.6. The van der Waals surface area contributed by atoms with Gasteiger partial charge in [-0.2, -0.15) is 0 Å². The molecule has 0 fully saturated rings. The molecule has 0 aliphatic carbocycles. The Kier molecular flexibility index (Phi) is 5.46. The topological polar surface area (TPSA) is 29.1 Å². The fourth-order valence-electron chi connectivity index (χ4n) is 1.90. The molecule has 20 heavy (non-hydrogen) atoms. The van der Waals surface area contributed by atoms with E-state index in [0.29, 0.717) is 22.9 Å². The van der Waals surface area contributed by atoms with Crippen LogP contribution in [0, 0.1) is 0 Å². The van der Waals surface area contributed by atoms with Crippen LogP contribution < -0.4 is 5.32 Å². The highest BCUT2D eigenvalue weighted by Gasteiger charge is 2.11. The van der Waals surface area contributed by atoms with Crippen LogP contribution in [0.4, 0.5) is 0 Å². The average molecular weight is 328 g/mol. The van der Waals surface area contributed by atoms with Crippen molar-refractivity contribution in [3.63, 3.8) is 0 Å². The number of carbonyl (C=O) groups is 1. The second-order valence-corrected chi connectivity index (χ2v) is 6.36. The molecule has 0 saturated carbocycles. The molecule has 2 nitrogen and oxygen atoms in total. The molecule has 1 aromatic carbocycles. The highest BCUT2D eigenvalue weighted by atomic mass is 35.5. The SMILES string of the molecule is CC(NC(=O)CCc1ccc(Cl)cc1Cl)c1cccs1. The van der Waals surface area contributed by atoms with Gasteiger partial charge in [0, 0.05) is 21.3 Å². The molecule has 1 unspecified atom stereocenters. The molecular weight excluding hydrogens is 313 g/mol. The largest absolute Gasteiger partial charge is 0.349 e. The number of hydrogen-bond donors (Lipinski definition) is 1. The number of amides is 1. The number of benzene rings is 1. The van der Waals surface area contributed by atoms with Gasteiger partial charge in [-0.25, -0.2) is 0 Å². The molecule has 5 heteroatoms. The monoisotopic (exact) mass is 327 g/mol. The van der Waals surface area contributed by atoms with E-state index in [2.05, 4.69) is 5.32 Å². The summed E-state index contributed by atoms with van der Waals surface area (Å²) in [6, 6.07) is 9.39. The van der Waals surface area contributed by atoms with E-state index < -0.39 is 0 Å². The number of carbonyl (C=O) groups excluding carboxylic acids is 1. The summed E-state index contributed by atoms with van der Waals surface area (Å²) in [5.74, 6) is 0.0249.